The molecule has 0 unspecified atom stereocenters. The first kappa shape index (κ1) is 16.6. The van der Waals surface area contributed by atoms with E-state index in [1.165, 1.54) is 11.1 Å². The van der Waals surface area contributed by atoms with Gasteiger partial charge < -0.3 is 10.5 Å². The zero-order chi connectivity index (χ0) is 15.8. The van der Waals surface area contributed by atoms with E-state index in [1.54, 1.807) is 11.3 Å². The van der Waals surface area contributed by atoms with Crippen molar-refractivity contribution in [3.05, 3.63) is 64.0 Å². The first-order valence-corrected chi connectivity index (χ1v) is 8.33. The molecule has 0 bridgehead atoms. The van der Waals surface area contributed by atoms with Crippen LogP contribution in [0.1, 0.15) is 21.6 Å². The third-order valence-electron chi connectivity index (χ3n) is 4.03. The Labute approximate surface area is 150 Å². The molecule has 2 heterocycles. The van der Waals surface area contributed by atoms with Gasteiger partial charge in [0.15, 0.2) is 0 Å². The lowest BCUT2D eigenvalue weighted by atomic mass is 10.1. The molecule has 0 fully saturated rings. The normalized spacial score (nSPS) is 12.8. The highest BCUT2D eigenvalue weighted by Gasteiger charge is 2.11. The Hall–Kier alpha value is -2.30. The molecule has 3 nitrogen and oxygen atoms in total. The van der Waals surface area contributed by atoms with E-state index in [0.717, 1.165) is 39.3 Å². The molecule has 24 heavy (non-hydrogen) atoms. The lowest BCUT2D eigenvalue weighted by Gasteiger charge is -2.00. The minimum atomic E-state index is 0. The Morgan fingerprint density at radius 3 is 2.88 bits per heavy atom. The molecule has 1 aliphatic heterocycles. The molecule has 0 spiro atoms. The molecule has 3 N–H and O–H groups in total. The number of nitrogens with two attached hydrogens (primary N) is 1. The standard InChI is InChI=1S/C19H16N2OS.ClH/c20-19(21)18-11-15-13(2-1-3-17(15)23-18)6-4-12-5-7-16-14(10-12)8-9-22-16;/h1-7,10-11H,8-9H2,(H3,20,21);1H. The van der Waals surface area contributed by atoms with Crippen LogP contribution in [0.2, 0.25) is 0 Å². The number of nitrogen functional groups attached to an aromatic ring is 1. The summed E-state index contributed by atoms with van der Waals surface area (Å²) in [6, 6.07) is 14.5. The van der Waals surface area contributed by atoms with Gasteiger partial charge in [-0.25, -0.2) is 0 Å². The average molecular weight is 357 g/mol. The molecule has 0 atom stereocenters. The van der Waals surface area contributed by atoms with Crippen LogP contribution in [0.4, 0.5) is 0 Å². The number of hydrogen-bond donors (Lipinski definition) is 2. The van der Waals surface area contributed by atoms with Crippen LogP contribution in [0.5, 0.6) is 5.75 Å². The number of amidine groups is 1. The Bertz CT molecular complexity index is 946. The van der Waals surface area contributed by atoms with Gasteiger partial charge in [0.2, 0.25) is 0 Å². The highest BCUT2D eigenvalue weighted by atomic mass is 35.5. The monoisotopic (exact) mass is 356 g/mol. The minimum Gasteiger partial charge on any atom is -0.493 e. The average Bonchev–Trinajstić information content (AvgIpc) is 3.18. The van der Waals surface area contributed by atoms with Gasteiger partial charge in [-0.2, -0.15) is 0 Å². The molecule has 3 aromatic rings. The van der Waals surface area contributed by atoms with E-state index in [1.807, 2.05) is 18.2 Å². The van der Waals surface area contributed by atoms with Gasteiger partial charge in [0.05, 0.1) is 11.5 Å². The Kier molecular flexibility index (Phi) is 4.60. The number of fused-ring (bicyclic) bond motifs is 2. The van der Waals surface area contributed by atoms with E-state index < -0.39 is 0 Å². The van der Waals surface area contributed by atoms with Crippen LogP contribution in [-0.4, -0.2) is 12.4 Å². The Morgan fingerprint density at radius 1 is 1.17 bits per heavy atom. The third kappa shape index (κ3) is 3.03. The number of rotatable bonds is 3. The van der Waals surface area contributed by atoms with Crippen molar-refractivity contribution in [3.63, 3.8) is 0 Å². The number of nitrogens with one attached hydrogen (secondary N) is 1. The third-order valence-corrected chi connectivity index (χ3v) is 5.16. The summed E-state index contributed by atoms with van der Waals surface area (Å²) in [5.74, 6) is 1.13. The summed E-state index contributed by atoms with van der Waals surface area (Å²) < 4.78 is 6.70. The van der Waals surface area contributed by atoms with E-state index in [-0.39, 0.29) is 18.2 Å². The second-order valence-electron chi connectivity index (χ2n) is 5.58. The molecule has 0 saturated carbocycles. The van der Waals surface area contributed by atoms with E-state index in [0.29, 0.717) is 0 Å². The van der Waals surface area contributed by atoms with E-state index >= 15 is 0 Å². The summed E-state index contributed by atoms with van der Waals surface area (Å²) in [5, 5.41) is 8.75. The van der Waals surface area contributed by atoms with Crippen molar-refractivity contribution in [1.82, 2.24) is 0 Å². The van der Waals surface area contributed by atoms with Crippen molar-refractivity contribution < 1.29 is 4.74 Å². The Balaban J connectivity index is 0.00000169. The maximum atomic E-state index is 7.60. The molecule has 0 amide bonds. The minimum absolute atomic E-state index is 0. The summed E-state index contributed by atoms with van der Waals surface area (Å²) >= 11 is 1.56. The second kappa shape index (κ2) is 6.67. The lowest BCUT2D eigenvalue weighted by molar-refractivity contribution is 0.357. The summed E-state index contributed by atoms with van der Waals surface area (Å²) in [7, 11) is 0. The number of hydrogen-bond acceptors (Lipinski definition) is 3. The van der Waals surface area contributed by atoms with E-state index in [4.69, 9.17) is 15.9 Å². The van der Waals surface area contributed by atoms with Gasteiger partial charge >= 0.3 is 0 Å². The van der Waals surface area contributed by atoms with Crippen LogP contribution in [-0.2, 0) is 6.42 Å². The zero-order valence-corrected chi connectivity index (χ0v) is 14.5. The first-order valence-electron chi connectivity index (χ1n) is 7.51. The van der Waals surface area contributed by atoms with Gasteiger partial charge in [0, 0.05) is 16.5 Å². The van der Waals surface area contributed by atoms with Crippen LogP contribution in [0.25, 0.3) is 22.2 Å². The van der Waals surface area contributed by atoms with Gasteiger partial charge in [0.1, 0.15) is 11.6 Å². The lowest BCUT2D eigenvalue weighted by Crippen LogP contribution is -2.08. The van der Waals surface area contributed by atoms with Crippen molar-refractivity contribution in [2.24, 2.45) is 5.73 Å². The fourth-order valence-corrected chi connectivity index (χ4v) is 3.81. The highest BCUT2D eigenvalue weighted by Crippen LogP contribution is 2.30. The summed E-state index contributed by atoms with van der Waals surface area (Å²) in [5.41, 5.74) is 9.20. The van der Waals surface area contributed by atoms with E-state index in [9.17, 15) is 0 Å². The van der Waals surface area contributed by atoms with Crippen molar-refractivity contribution in [1.29, 1.82) is 5.41 Å². The number of halogens is 1. The van der Waals surface area contributed by atoms with Gasteiger partial charge in [-0.3, -0.25) is 5.41 Å². The van der Waals surface area contributed by atoms with Crippen LogP contribution in [0, 0.1) is 5.41 Å². The maximum Gasteiger partial charge on any atom is 0.133 e. The zero-order valence-electron chi connectivity index (χ0n) is 12.9. The van der Waals surface area contributed by atoms with Crippen molar-refractivity contribution in [2.45, 2.75) is 6.42 Å². The molecule has 4 rings (SSSR count). The molecular formula is C19H17ClN2OS. The molecule has 1 aromatic heterocycles. The van der Waals surface area contributed by atoms with Gasteiger partial charge in [-0.15, -0.1) is 23.7 Å². The number of thiophene rings is 1. The smallest absolute Gasteiger partial charge is 0.133 e. The first-order chi connectivity index (χ1) is 11.2. The predicted molar refractivity (Wildman–Crippen MR) is 105 cm³/mol. The summed E-state index contributed by atoms with van der Waals surface area (Å²) in [6.45, 7) is 0.782. The van der Waals surface area contributed by atoms with Gasteiger partial charge in [-0.05, 0) is 41.0 Å². The SMILES string of the molecule is Cl.N=C(N)c1cc2c(C=Cc3ccc4c(c3)CCO4)cccc2s1. The topological polar surface area (TPSA) is 59.1 Å². The highest BCUT2D eigenvalue weighted by molar-refractivity contribution is 7.20. The predicted octanol–water partition coefficient (Wildman–Crippen LogP) is 4.71. The summed E-state index contributed by atoms with van der Waals surface area (Å²) in [6.07, 6.45) is 5.23. The number of benzene rings is 2. The van der Waals surface area contributed by atoms with Crippen LogP contribution in [0.15, 0.2) is 42.5 Å². The van der Waals surface area contributed by atoms with Gasteiger partial charge in [0.25, 0.3) is 0 Å². The fourth-order valence-electron chi connectivity index (χ4n) is 2.86. The van der Waals surface area contributed by atoms with Crippen molar-refractivity contribution in [2.75, 3.05) is 6.61 Å². The molecule has 5 heteroatoms. The van der Waals surface area contributed by atoms with Crippen LogP contribution in [0.3, 0.4) is 0 Å². The molecule has 0 saturated heterocycles. The van der Waals surface area contributed by atoms with E-state index in [2.05, 4.69) is 36.4 Å². The van der Waals surface area contributed by atoms with Crippen LogP contribution < -0.4 is 10.5 Å². The molecule has 1 aliphatic rings. The molecule has 0 aliphatic carbocycles. The fraction of sp³-hybridized carbons (Fsp3) is 0.105. The molecule has 0 radical (unpaired) electrons. The second-order valence-corrected chi connectivity index (χ2v) is 6.67. The molecule has 2 aromatic carbocycles. The van der Waals surface area contributed by atoms with Crippen molar-refractivity contribution >= 4 is 51.8 Å². The number of ether oxygens (including phenoxy) is 1. The molecular weight excluding hydrogens is 340 g/mol. The summed E-state index contributed by atoms with van der Waals surface area (Å²) in [4.78, 5) is 0.815. The maximum absolute atomic E-state index is 7.60. The molecule has 122 valence electrons. The van der Waals surface area contributed by atoms with Crippen molar-refractivity contribution in [3.8, 4) is 5.75 Å². The quantitative estimate of drug-likeness (QED) is 0.405. The largest absolute Gasteiger partial charge is 0.493 e. The Morgan fingerprint density at radius 2 is 2.04 bits per heavy atom. The van der Waals surface area contributed by atoms with Gasteiger partial charge in [-0.1, -0.05) is 30.4 Å². The van der Waals surface area contributed by atoms with Crippen LogP contribution >= 0.6 is 23.7 Å².